The van der Waals surface area contributed by atoms with Gasteiger partial charge in [-0.3, -0.25) is 0 Å². The SMILES string of the molecule is BC(C)(C(C)OCCCCC(C)(C)C(C)C)C(C)OC(C)(C)CCC. The van der Waals surface area contributed by atoms with Gasteiger partial charge in [-0.1, -0.05) is 54.4 Å². The minimum absolute atomic E-state index is 0.00220. The van der Waals surface area contributed by atoms with Crippen LogP contribution in [0.25, 0.3) is 0 Å². The molecule has 3 heteroatoms. The predicted molar refractivity (Wildman–Crippen MR) is 114 cm³/mol. The Morgan fingerprint density at radius 1 is 0.840 bits per heavy atom. The van der Waals surface area contributed by atoms with Gasteiger partial charge >= 0.3 is 0 Å². The van der Waals surface area contributed by atoms with Gasteiger partial charge in [-0.05, 0) is 63.6 Å². The molecular weight excluding hydrogens is 307 g/mol. The van der Waals surface area contributed by atoms with Crippen LogP contribution < -0.4 is 0 Å². The van der Waals surface area contributed by atoms with Gasteiger partial charge in [0.1, 0.15) is 7.85 Å². The van der Waals surface area contributed by atoms with Crippen LogP contribution in [0.15, 0.2) is 0 Å². The lowest BCUT2D eigenvalue weighted by Gasteiger charge is -2.41. The standard InChI is InChI=1S/C22H47BO2/c1-11-14-21(8,9)25-19(5)22(10,23)18(4)24-16-13-12-15-20(6,7)17(2)3/h17-19H,11-16,23H2,1-10H3. The van der Waals surface area contributed by atoms with E-state index in [1.165, 1.54) is 12.8 Å². The van der Waals surface area contributed by atoms with Crippen molar-refractivity contribution in [2.45, 2.75) is 124 Å². The van der Waals surface area contributed by atoms with Gasteiger partial charge in [-0.25, -0.2) is 0 Å². The Bertz CT molecular complexity index is 361. The average molecular weight is 354 g/mol. The maximum absolute atomic E-state index is 6.38. The molecule has 3 atom stereocenters. The Labute approximate surface area is 160 Å². The molecule has 25 heavy (non-hydrogen) atoms. The molecule has 0 radical (unpaired) electrons. The number of ether oxygens (including phenoxy) is 2. The first-order valence-corrected chi connectivity index (χ1v) is 10.6. The van der Waals surface area contributed by atoms with Crippen LogP contribution in [0.5, 0.6) is 0 Å². The quantitative estimate of drug-likeness (QED) is 0.296. The Balaban J connectivity index is 4.33. The highest BCUT2D eigenvalue weighted by atomic mass is 16.5. The lowest BCUT2D eigenvalue weighted by atomic mass is 9.63. The lowest BCUT2D eigenvalue weighted by Crippen LogP contribution is -2.41. The van der Waals surface area contributed by atoms with Crippen molar-refractivity contribution in [3.8, 4) is 0 Å². The Kier molecular flexibility index (Phi) is 10.3. The molecule has 3 unspecified atom stereocenters. The number of unbranched alkanes of at least 4 members (excludes halogenated alkanes) is 1. The molecule has 0 saturated heterocycles. The second-order valence-corrected chi connectivity index (χ2v) is 10.2. The highest BCUT2D eigenvalue weighted by molar-refractivity contribution is 6.15. The van der Waals surface area contributed by atoms with Gasteiger partial charge in [0.2, 0.25) is 0 Å². The van der Waals surface area contributed by atoms with Crippen LogP contribution in [0.1, 0.15) is 101 Å². The fraction of sp³-hybridized carbons (Fsp3) is 1.00. The first-order valence-electron chi connectivity index (χ1n) is 10.6. The average Bonchev–Trinajstić information content (AvgIpc) is 2.45. The Hall–Kier alpha value is -0.0151. The van der Waals surface area contributed by atoms with Crippen LogP contribution in [0.3, 0.4) is 0 Å². The van der Waals surface area contributed by atoms with E-state index >= 15 is 0 Å². The molecule has 0 aromatic heterocycles. The van der Waals surface area contributed by atoms with Crippen molar-refractivity contribution in [2.75, 3.05) is 6.61 Å². The van der Waals surface area contributed by atoms with Gasteiger partial charge in [0.05, 0.1) is 17.8 Å². The van der Waals surface area contributed by atoms with E-state index in [0.717, 1.165) is 31.8 Å². The smallest absolute Gasteiger partial charge is 0.115 e. The largest absolute Gasteiger partial charge is 0.379 e. The third-order valence-electron chi connectivity index (χ3n) is 6.59. The summed E-state index contributed by atoms with van der Waals surface area (Å²) in [4.78, 5) is 0. The van der Waals surface area contributed by atoms with Crippen LogP contribution in [-0.2, 0) is 9.47 Å². The molecule has 150 valence electrons. The number of rotatable bonds is 13. The molecule has 0 aliphatic heterocycles. The lowest BCUT2D eigenvalue weighted by molar-refractivity contribution is -0.108. The molecule has 0 aromatic carbocycles. The van der Waals surface area contributed by atoms with Crippen LogP contribution in [0.4, 0.5) is 0 Å². The van der Waals surface area contributed by atoms with E-state index in [9.17, 15) is 0 Å². The molecule has 0 rings (SSSR count). The third-order valence-corrected chi connectivity index (χ3v) is 6.59. The Morgan fingerprint density at radius 3 is 1.88 bits per heavy atom. The van der Waals surface area contributed by atoms with Gasteiger partial charge < -0.3 is 9.47 Å². The zero-order valence-electron chi connectivity index (χ0n) is 19.3. The van der Waals surface area contributed by atoms with Crippen molar-refractivity contribution in [1.82, 2.24) is 0 Å². The van der Waals surface area contributed by atoms with Crippen molar-refractivity contribution in [3.05, 3.63) is 0 Å². The maximum atomic E-state index is 6.38. The summed E-state index contributed by atoms with van der Waals surface area (Å²) in [7, 11) is 2.27. The molecule has 0 heterocycles. The fourth-order valence-corrected chi connectivity index (χ4v) is 3.07. The summed E-state index contributed by atoms with van der Waals surface area (Å²) in [6, 6.07) is 0. The van der Waals surface area contributed by atoms with E-state index < -0.39 is 0 Å². The van der Waals surface area contributed by atoms with Gasteiger partial charge in [-0.2, -0.15) is 0 Å². The Morgan fingerprint density at radius 2 is 1.40 bits per heavy atom. The van der Waals surface area contributed by atoms with Crippen molar-refractivity contribution in [2.24, 2.45) is 11.3 Å². The second-order valence-electron chi connectivity index (χ2n) is 10.2. The van der Waals surface area contributed by atoms with Gasteiger partial charge in [0.15, 0.2) is 0 Å². The maximum Gasteiger partial charge on any atom is 0.115 e. The van der Waals surface area contributed by atoms with Crippen molar-refractivity contribution in [1.29, 1.82) is 0 Å². The molecule has 0 N–H and O–H groups in total. The van der Waals surface area contributed by atoms with Gasteiger partial charge in [0.25, 0.3) is 0 Å². The van der Waals surface area contributed by atoms with Crippen LogP contribution in [0, 0.1) is 11.3 Å². The minimum atomic E-state index is -0.0619. The normalized spacial score (nSPS) is 18.2. The molecule has 0 bridgehead atoms. The first-order chi connectivity index (χ1) is 11.3. The zero-order valence-corrected chi connectivity index (χ0v) is 19.3. The number of hydrogen-bond donors (Lipinski definition) is 0. The van der Waals surface area contributed by atoms with Crippen molar-refractivity contribution in [3.63, 3.8) is 0 Å². The summed E-state index contributed by atoms with van der Waals surface area (Å²) in [5.41, 5.74) is 0.367. The van der Waals surface area contributed by atoms with E-state index in [1.54, 1.807) is 0 Å². The van der Waals surface area contributed by atoms with E-state index in [2.05, 4.69) is 77.1 Å². The predicted octanol–water partition coefficient (Wildman–Crippen LogP) is 6.04. The van der Waals surface area contributed by atoms with Crippen molar-refractivity contribution >= 4 is 7.85 Å². The second kappa shape index (κ2) is 10.4. The molecule has 0 aromatic rings. The molecule has 0 saturated carbocycles. The zero-order chi connectivity index (χ0) is 19.9. The number of hydrogen-bond acceptors (Lipinski definition) is 2. The summed E-state index contributed by atoms with van der Waals surface area (Å²) in [5, 5.41) is 0.00220. The molecule has 0 fully saturated rings. The van der Waals surface area contributed by atoms with Gasteiger partial charge in [-0.15, -0.1) is 0 Å². The summed E-state index contributed by atoms with van der Waals surface area (Å²) in [6.45, 7) is 23.5. The van der Waals surface area contributed by atoms with Crippen LogP contribution in [-0.4, -0.2) is 32.3 Å². The van der Waals surface area contributed by atoms with Crippen LogP contribution >= 0.6 is 0 Å². The fourth-order valence-electron chi connectivity index (χ4n) is 3.07. The summed E-state index contributed by atoms with van der Waals surface area (Å²) in [5.74, 6) is 0.732. The molecule has 0 aliphatic rings. The topological polar surface area (TPSA) is 18.5 Å². The molecule has 2 nitrogen and oxygen atoms in total. The summed E-state index contributed by atoms with van der Waals surface area (Å²) in [6.07, 6.45) is 6.27. The molecule has 0 spiro atoms. The monoisotopic (exact) mass is 354 g/mol. The van der Waals surface area contributed by atoms with E-state index in [-0.39, 0.29) is 23.1 Å². The van der Waals surface area contributed by atoms with E-state index in [4.69, 9.17) is 9.47 Å². The third kappa shape index (κ3) is 8.95. The minimum Gasteiger partial charge on any atom is -0.379 e. The van der Waals surface area contributed by atoms with Gasteiger partial charge in [0, 0.05) is 6.61 Å². The van der Waals surface area contributed by atoms with Crippen molar-refractivity contribution < 1.29 is 9.47 Å². The van der Waals surface area contributed by atoms with E-state index in [0.29, 0.717) is 5.41 Å². The highest BCUT2D eigenvalue weighted by Crippen LogP contribution is 2.37. The highest BCUT2D eigenvalue weighted by Gasteiger charge is 2.36. The summed E-state index contributed by atoms with van der Waals surface area (Å²) < 4.78 is 12.6. The first kappa shape index (κ1) is 25.0. The molecule has 0 aliphatic carbocycles. The molecular formula is C22H47BO2. The van der Waals surface area contributed by atoms with E-state index in [1.807, 2.05) is 0 Å². The summed E-state index contributed by atoms with van der Waals surface area (Å²) >= 11 is 0. The van der Waals surface area contributed by atoms with Crippen LogP contribution in [0.2, 0.25) is 5.31 Å². The molecule has 0 amide bonds.